The number of nitrogens with one attached hydrogen (secondary N) is 1. The highest BCUT2D eigenvalue weighted by molar-refractivity contribution is 5.90. The van der Waals surface area contributed by atoms with Crippen LogP contribution >= 0.6 is 0 Å². The summed E-state index contributed by atoms with van der Waals surface area (Å²) >= 11 is 0. The molecule has 1 saturated heterocycles. The molecule has 0 aliphatic carbocycles. The zero-order valence-corrected chi connectivity index (χ0v) is 11.4. The molecule has 1 N–H and O–H groups in total. The Balaban J connectivity index is 1.87. The van der Waals surface area contributed by atoms with Crippen LogP contribution in [0.1, 0.15) is 28.9 Å². The summed E-state index contributed by atoms with van der Waals surface area (Å²) in [4.78, 5) is 15.8. The lowest BCUT2D eigenvalue weighted by atomic mass is 10.1. The fraction of sp³-hybridized carbons (Fsp3) is 0.571. The predicted molar refractivity (Wildman–Crippen MR) is 72.3 cm³/mol. The van der Waals surface area contributed by atoms with E-state index in [1.54, 1.807) is 6.07 Å². The van der Waals surface area contributed by atoms with Gasteiger partial charge in [0.25, 0.3) is 0 Å². The van der Waals surface area contributed by atoms with Crippen molar-refractivity contribution in [3.8, 4) is 0 Å². The molecule has 104 valence electrons. The first kappa shape index (κ1) is 13.8. The van der Waals surface area contributed by atoms with Crippen LogP contribution in [-0.4, -0.2) is 37.8 Å². The number of aromatic nitrogens is 1. The highest BCUT2D eigenvalue weighted by Gasteiger charge is 2.15. The number of anilines is 1. The van der Waals surface area contributed by atoms with Crippen LogP contribution in [0.4, 0.5) is 5.82 Å². The normalized spacial score (nSPS) is 18.3. The molecule has 1 aromatic rings. The van der Waals surface area contributed by atoms with E-state index >= 15 is 0 Å². The first-order valence-corrected chi connectivity index (χ1v) is 6.58. The van der Waals surface area contributed by atoms with Crippen molar-refractivity contribution in [1.82, 2.24) is 4.98 Å². The van der Waals surface area contributed by atoms with E-state index in [0.29, 0.717) is 17.2 Å². The Hall–Kier alpha value is -1.62. The second-order valence-corrected chi connectivity index (χ2v) is 4.77. The smallest absolute Gasteiger partial charge is 0.339 e. The summed E-state index contributed by atoms with van der Waals surface area (Å²) in [6.07, 6.45) is 2.23. The minimum Gasteiger partial charge on any atom is -0.465 e. The molecule has 19 heavy (non-hydrogen) atoms. The molecule has 0 spiro atoms. The molecule has 0 radical (unpaired) electrons. The van der Waals surface area contributed by atoms with Crippen LogP contribution in [0.2, 0.25) is 0 Å². The average molecular weight is 264 g/mol. The van der Waals surface area contributed by atoms with E-state index in [-0.39, 0.29) is 5.97 Å². The number of ether oxygens (including phenoxy) is 2. The summed E-state index contributed by atoms with van der Waals surface area (Å²) in [7, 11) is 1.37. The average Bonchev–Trinajstić information content (AvgIpc) is 2.91. The standard InChI is InChI=1S/C14H20N2O3/c1-10-12(14(17)18-2)3-4-13(16-10)15-7-5-11-6-8-19-9-11/h3-4,11H,5-9H2,1-2H3,(H,15,16). The number of rotatable bonds is 5. The van der Waals surface area contributed by atoms with Crippen LogP contribution in [0.5, 0.6) is 0 Å². The van der Waals surface area contributed by atoms with Crippen LogP contribution in [0.15, 0.2) is 12.1 Å². The van der Waals surface area contributed by atoms with Crippen LogP contribution in [0, 0.1) is 12.8 Å². The maximum absolute atomic E-state index is 11.4. The van der Waals surface area contributed by atoms with Gasteiger partial charge in [-0.05, 0) is 37.8 Å². The van der Waals surface area contributed by atoms with E-state index in [0.717, 1.165) is 38.4 Å². The summed E-state index contributed by atoms with van der Waals surface area (Å²) in [5, 5.41) is 3.28. The summed E-state index contributed by atoms with van der Waals surface area (Å²) in [5.74, 6) is 1.10. The lowest BCUT2D eigenvalue weighted by Crippen LogP contribution is -2.11. The molecular formula is C14H20N2O3. The van der Waals surface area contributed by atoms with Crippen molar-refractivity contribution in [3.05, 3.63) is 23.4 Å². The highest BCUT2D eigenvalue weighted by atomic mass is 16.5. The van der Waals surface area contributed by atoms with Crippen molar-refractivity contribution in [2.24, 2.45) is 5.92 Å². The topological polar surface area (TPSA) is 60.5 Å². The van der Waals surface area contributed by atoms with Crippen LogP contribution in [0.3, 0.4) is 0 Å². The van der Waals surface area contributed by atoms with Gasteiger partial charge < -0.3 is 14.8 Å². The molecule has 1 aliphatic heterocycles. The summed E-state index contributed by atoms with van der Waals surface area (Å²) < 4.78 is 10.0. The second-order valence-electron chi connectivity index (χ2n) is 4.77. The van der Waals surface area contributed by atoms with Gasteiger partial charge in [0.2, 0.25) is 0 Å². The SMILES string of the molecule is COC(=O)c1ccc(NCCC2CCOC2)nc1C. The number of methoxy groups -OCH3 is 1. The Bertz CT molecular complexity index is 442. The Morgan fingerprint density at radius 2 is 2.42 bits per heavy atom. The van der Waals surface area contributed by atoms with Crippen molar-refractivity contribution in [1.29, 1.82) is 0 Å². The van der Waals surface area contributed by atoms with Gasteiger partial charge in [-0.15, -0.1) is 0 Å². The molecule has 1 atom stereocenters. The molecular weight excluding hydrogens is 244 g/mol. The van der Waals surface area contributed by atoms with Crippen LogP contribution < -0.4 is 5.32 Å². The van der Waals surface area contributed by atoms with E-state index in [9.17, 15) is 4.79 Å². The Labute approximate surface area is 113 Å². The summed E-state index contributed by atoms with van der Waals surface area (Å²) in [6, 6.07) is 3.56. The summed E-state index contributed by atoms with van der Waals surface area (Å²) in [6.45, 7) is 4.44. The quantitative estimate of drug-likeness (QED) is 0.824. The molecule has 5 nitrogen and oxygen atoms in total. The van der Waals surface area contributed by atoms with Gasteiger partial charge in [-0.1, -0.05) is 0 Å². The number of pyridine rings is 1. The zero-order valence-electron chi connectivity index (χ0n) is 11.4. The third-order valence-corrected chi connectivity index (χ3v) is 3.37. The number of aryl methyl sites for hydroxylation is 1. The number of carbonyl (C=O) groups is 1. The van der Waals surface area contributed by atoms with Gasteiger partial charge in [-0.2, -0.15) is 0 Å². The molecule has 0 amide bonds. The fourth-order valence-corrected chi connectivity index (χ4v) is 2.20. The fourth-order valence-electron chi connectivity index (χ4n) is 2.20. The molecule has 2 heterocycles. The van der Waals surface area contributed by atoms with Crippen LogP contribution in [-0.2, 0) is 9.47 Å². The minimum atomic E-state index is -0.348. The van der Waals surface area contributed by atoms with Crippen molar-refractivity contribution in [2.45, 2.75) is 19.8 Å². The monoisotopic (exact) mass is 264 g/mol. The number of nitrogens with zero attached hydrogens (tertiary/aromatic N) is 1. The van der Waals surface area contributed by atoms with Crippen LogP contribution in [0.25, 0.3) is 0 Å². The van der Waals surface area contributed by atoms with E-state index in [2.05, 4.69) is 10.3 Å². The lowest BCUT2D eigenvalue weighted by Gasteiger charge is -2.10. The molecule has 1 aliphatic rings. The maximum atomic E-state index is 11.4. The zero-order chi connectivity index (χ0) is 13.7. The Morgan fingerprint density at radius 1 is 1.58 bits per heavy atom. The number of hydrogen-bond donors (Lipinski definition) is 1. The molecule has 0 saturated carbocycles. The predicted octanol–water partition coefficient (Wildman–Crippen LogP) is 2.02. The molecule has 0 bridgehead atoms. The second kappa shape index (κ2) is 6.52. The molecule has 1 unspecified atom stereocenters. The first-order valence-electron chi connectivity index (χ1n) is 6.58. The Morgan fingerprint density at radius 3 is 3.05 bits per heavy atom. The number of carbonyl (C=O) groups excluding carboxylic acids is 1. The van der Waals surface area contributed by atoms with Crippen molar-refractivity contribution < 1.29 is 14.3 Å². The Kier molecular flexibility index (Phi) is 4.74. The summed E-state index contributed by atoms with van der Waals surface area (Å²) in [5.41, 5.74) is 1.19. The number of esters is 1. The largest absolute Gasteiger partial charge is 0.465 e. The highest BCUT2D eigenvalue weighted by Crippen LogP contribution is 2.17. The van der Waals surface area contributed by atoms with E-state index in [1.165, 1.54) is 7.11 Å². The third-order valence-electron chi connectivity index (χ3n) is 3.37. The third kappa shape index (κ3) is 3.67. The van der Waals surface area contributed by atoms with E-state index in [1.807, 2.05) is 13.0 Å². The van der Waals surface area contributed by atoms with Crippen molar-refractivity contribution in [2.75, 3.05) is 32.2 Å². The van der Waals surface area contributed by atoms with Crippen molar-refractivity contribution >= 4 is 11.8 Å². The van der Waals surface area contributed by atoms with Gasteiger partial charge >= 0.3 is 5.97 Å². The van der Waals surface area contributed by atoms with Gasteiger partial charge in [0.05, 0.1) is 18.4 Å². The van der Waals surface area contributed by atoms with E-state index < -0.39 is 0 Å². The molecule has 0 aromatic carbocycles. The molecule has 1 aromatic heterocycles. The van der Waals surface area contributed by atoms with Gasteiger partial charge in [0, 0.05) is 19.8 Å². The van der Waals surface area contributed by atoms with Gasteiger partial charge in [0.15, 0.2) is 0 Å². The lowest BCUT2D eigenvalue weighted by molar-refractivity contribution is 0.0599. The maximum Gasteiger partial charge on any atom is 0.339 e. The number of hydrogen-bond acceptors (Lipinski definition) is 5. The van der Waals surface area contributed by atoms with Gasteiger partial charge in [-0.25, -0.2) is 9.78 Å². The van der Waals surface area contributed by atoms with Crippen molar-refractivity contribution in [3.63, 3.8) is 0 Å². The molecule has 2 rings (SSSR count). The van der Waals surface area contributed by atoms with Gasteiger partial charge in [0.1, 0.15) is 5.82 Å². The van der Waals surface area contributed by atoms with E-state index in [4.69, 9.17) is 9.47 Å². The minimum absolute atomic E-state index is 0.348. The molecule has 1 fully saturated rings. The molecule has 5 heteroatoms. The first-order chi connectivity index (χ1) is 9.20. The van der Waals surface area contributed by atoms with Gasteiger partial charge in [-0.3, -0.25) is 0 Å².